The highest BCUT2D eigenvalue weighted by Gasteiger charge is 2.31. The van der Waals surface area contributed by atoms with Gasteiger partial charge in [-0.3, -0.25) is 10.1 Å². The number of carbonyl (C=O) groups excluding carboxylic acids is 2. The van der Waals surface area contributed by atoms with Crippen molar-refractivity contribution in [1.82, 2.24) is 0 Å². The van der Waals surface area contributed by atoms with Gasteiger partial charge in [0.25, 0.3) is 0 Å². The summed E-state index contributed by atoms with van der Waals surface area (Å²) in [5.41, 5.74) is 1.27. The highest BCUT2D eigenvalue weighted by molar-refractivity contribution is 14.1. The van der Waals surface area contributed by atoms with Crippen molar-refractivity contribution in [3.63, 3.8) is 0 Å². The first-order valence-corrected chi connectivity index (χ1v) is 12.5. The highest BCUT2D eigenvalue weighted by atomic mass is 127. The number of aromatic hydroxyl groups is 1. The third-order valence-electron chi connectivity index (χ3n) is 5.31. The topological polar surface area (TPSA) is 122 Å². The minimum absolute atomic E-state index is 0.0771. The molecule has 3 N–H and O–H groups in total. The minimum atomic E-state index is -1.07. The van der Waals surface area contributed by atoms with Crippen molar-refractivity contribution in [1.29, 1.82) is 0 Å². The summed E-state index contributed by atoms with van der Waals surface area (Å²) in [7, 11) is 0. The predicted molar refractivity (Wildman–Crippen MR) is 147 cm³/mol. The zero-order valence-electron chi connectivity index (χ0n) is 20.0. The van der Waals surface area contributed by atoms with Crippen molar-refractivity contribution >= 4 is 46.1 Å². The number of carbonyl (C=O) groups is 3. The Morgan fingerprint density at radius 2 is 1.73 bits per heavy atom. The summed E-state index contributed by atoms with van der Waals surface area (Å²) in [6.45, 7) is 1.45. The number of para-hydroxylation sites is 1. The van der Waals surface area contributed by atoms with E-state index in [1.165, 1.54) is 19.1 Å². The van der Waals surface area contributed by atoms with Gasteiger partial charge in [0.05, 0.1) is 0 Å². The van der Waals surface area contributed by atoms with Gasteiger partial charge >= 0.3 is 12.1 Å². The molecular formula is C28H26INO7. The maximum absolute atomic E-state index is 13.0. The smallest absolute Gasteiger partial charge is 0.412 e. The number of phenolic OH excluding ortho intramolecular Hbond substituents is 1. The summed E-state index contributed by atoms with van der Waals surface area (Å²) in [6.07, 6.45) is 0.543. The summed E-state index contributed by atoms with van der Waals surface area (Å²) in [4.78, 5) is 35.4. The third-order valence-corrected chi connectivity index (χ3v) is 5.99. The largest absolute Gasteiger partial charge is 0.508 e. The quantitative estimate of drug-likeness (QED) is 0.130. The Bertz CT molecular complexity index is 1260. The van der Waals surface area contributed by atoms with Crippen LogP contribution in [0.1, 0.15) is 41.8 Å². The lowest BCUT2D eigenvalue weighted by atomic mass is 9.99. The van der Waals surface area contributed by atoms with Crippen LogP contribution in [0.2, 0.25) is 0 Å². The number of carboxylic acids is 1. The van der Waals surface area contributed by atoms with Crippen LogP contribution in [0.3, 0.4) is 0 Å². The summed E-state index contributed by atoms with van der Waals surface area (Å²) in [5, 5.41) is 22.2. The second-order valence-electron chi connectivity index (χ2n) is 8.07. The number of anilines is 1. The van der Waals surface area contributed by atoms with Crippen molar-refractivity contribution in [2.45, 2.75) is 32.0 Å². The van der Waals surface area contributed by atoms with E-state index in [0.717, 1.165) is 9.65 Å². The maximum Gasteiger partial charge on any atom is 0.412 e. The van der Waals surface area contributed by atoms with Crippen molar-refractivity contribution in [2.75, 3.05) is 5.32 Å². The van der Waals surface area contributed by atoms with Crippen LogP contribution in [-0.2, 0) is 9.53 Å². The van der Waals surface area contributed by atoms with Gasteiger partial charge in [0.1, 0.15) is 17.6 Å². The Kier molecular flexibility index (Phi) is 10.1. The van der Waals surface area contributed by atoms with Crippen LogP contribution in [-0.4, -0.2) is 34.2 Å². The van der Waals surface area contributed by atoms with E-state index in [1.807, 2.05) is 6.07 Å². The van der Waals surface area contributed by atoms with E-state index in [9.17, 15) is 19.5 Å². The Labute approximate surface area is 228 Å². The van der Waals surface area contributed by atoms with Gasteiger partial charge in [0.2, 0.25) is 0 Å². The number of amides is 1. The average molecular weight is 615 g/mol. The predicted octanol–water partition coefficient (Wildman–Crippen LogP) is 6.36. The molecule has 0 saturated heterocycles. The molecule has 0 heterocycles. The molecule has 3 aromatic rings. The molecule has 8 nitrogen and oxygen atoms in total. The molecule has 1 amide bonds. The standard InChI is InChI=1S/C28H26INO7/c1-18(31)19-11-14-21(15-12-19)30-28(35)37-27(23-17-20(29)13-16-24(23)32)25(9-5-6-10-26(33)34)36-22-7-3-2-4-8-22/h2-4,6-8,10-17,25,27,32H,5,9H2,1H3,(H,30,35)(H,33,34)/b10-6+/t25-,27-/m0/s1. The van der Waals surface area contributed by atoms with E-state index in [2.05, 4.69) is 27.9 Å². The molecule has 37 heavy (non-hydrogen) atoms. The van der Waals surface area contributed by atoms with Crippen LogP contribution >= 0.6 is 22.6 Å². The molecule has 0 saturated carbocycles. The first-order valence-electron chi connectivity index (χ1n) is 11.4. The van der Waals surface area contributed by atoms with Gasteiger partial charge in [-0.15, -0.1) is 0 Å². The second kappa shape index (κ2) is 13.4. The fraction of sp³-hybridized carbons (Fsp3) is 0.179. The number of hydrogen-bond donors (Lipinski definition) is 3. The maximum atomic E-state index is 13.0. The Balaban J connectivity index is 1.91. The van der Waals surface area contributed by atoms with Gasteiger partial charge in [0, 0.05) is 26.5 Å². The van der Waals surface area contributed by atoms with E-state index < -0.39 is 24.3 Å². The van der Waals surface area contributed by atoms with Gasteiger partial charge in [0.15, 0.2) is 11.9 Å². The second-order valence-corrected chi connectivity index (χ2v) is 9.32. The number of hydrogen-bond acceptors (Lipinski definition) is 6. The highest BCUT2D eigenvalue weighted by Crippen LogP contribution is 2.35. The van der Waals surface area contributed by atoms with Crippen molar-refractivity contribution in [2.24, 2.45) is 0 Å². The molecule has 0 bridgehead atoms. The van der Waals surface area contributed by atoms with E-state index in [0.29, 0.717) is 29.0 Å². The number of halogens is 1. The molecule has 0 aliphatic heterocycles. The number of carboxylic acid groups (broad SMARTS) is 1. The first kappa shape index (κ1) is 27.7. The normalized spacial score (nSPS) is 12.5. The molecule has 0 radical (unpaired) electrons. The number of nitrogens with one attached hydrogen (secondary N) is 1. The fourth-order valence-corrected chi connectivity index (χ4v) is 4.05. The number of aliphatic carboxylic acids is 1. The number of Topliss-reactive ketones (excluding diaryl/α,β-unsaturated/α-hetero) is 1. The molecule has 0 unspecified atom stereocenters. The third kappa shape index (κ3) is 8.64. The summed E-state index contributed by atoms with van der Waals surface area (Å²) in [6, 6.07) is 20.2. The fourth-order valence-electron chi connectivity index (χ4n) is 3.53. The van der Waals surface area contributed by atoms with Gasteiger partial charge in [-0.1, -0.05) is 24.3 Å². The lowest BCUT2D eigenvalue weighted by molar-refractivity contribution is -0.131. The van der Waals surface area contributed by atoms with Crippen molar-refractivity contribution < 1.29 is 34.1 Å². The van der Waals surface area contributed by atoms with Crippen LogP contribution in [0.15, 0.2) is 84.9 Å². The number of benzene rings is 3. The summed E-state index contributed by atoms with van der Waals surface area (Å²) in [5.74, 6) is -0.722. The molecule has 0 fully saturated rings. The van der Waals surface area contributed by atoms with Crippen molar-refractivity contribution in [3.8, 4) is 11.5 Å². The van der Waals surface area contributed by atoms with Crippen LogP contribution < -0.4 is 10.1 Å². The van der Waals surface area contributed by atoms with Gasteiger partial charge in [-0.05, 0) is 97.0 Å². The lowest BCUT2D eigenvalue weighted by Crippen LogP contribution is -2.31. The van der Waals surface area contributed by atoms with Crippen LogP contribution in [0.25, 0.3) is 0 Å². The first-order chi connectivity index (χ1) is 17.7. The molecule has 2 atom stereocenters. The number of rotatable bonds is 11. The molecular weight excluding hydrogens is 589 g/mol. The van der Waals surface area contributed by atoms with Gasteiger partial charge in [-0.25, -0.2) is 9.59 Å². The number of allylic oxidation sites excluding steroid dienone is 1. The van der Waals surface area contributed by atoms with E-state index >= 15 is 0 Å². The number of ether oxygens (including phenoxy) is 2. The number of phenols is 1. The molecule has 0 aromatic heterocycles. The van der Waals surface area contributed by atoms with E-state index in [4.69, 9.17) is 14.6 Å². The van der Waals surface area contributed by atoms with Crippen molar-refractivity contribution in [3.05, 3.63) is 99.6 Å². The Hall–Kier alpha value is -3.86. The molecule has 0 aliphatic rings. The molecule has 3 rings (SSSR count). The lowest BCUT2D eigenvalue weighted by Gasteiger charge is -2.28. The zero-order valence-corrected chi connectivity index (χ0v) is 22.1. The summed E-state index contributed by atoms with van der Waals surface area (Å²) < 4.78 is 12.8. The monoisotopic (exact) mass is 615 g/mol. The molecule has 3 aromatic carbocycles. The van der Waals surface area contributed by atoms with Gasteiger partial charge in [-0.2, -0.15) is 0 Å². The minimum Gasteiger partial charge on any atom is -0.508 e. The molecule has 9 heteroatoms. The van der Waals surface area contributed by atoms with Crippen LogP contribution in [0.4, 0.5) is 10.5 Å². The Morgan fingerprint density at radius 1 is 1.03 bits per heavy atom. The molecule has 192 valence electrons. The average Bonchev–Trinajstić information content (AvgIpc) is 2.87. The zero-order chi connectivity index (χ0) is 26.8. The van der Waals surface area contributed by atoms with E-state index in [-0.39, 0.29) is 18.0 Å². The number of ketones is 1. The van der Waals surface area contributed by atoms with Gasteiger partial charge < -0.3 is 19.7 Å². The van der Waals surface area contributed by atoms with E-state index in [1.54, 1.807) is 60.7 Å². The SMILES string of the molecule is CC(=O)c1ccc(NC(=O)O[C@@H](c2cc(I)ccc2O)[C@H](CC/C=C/C(=O)O)Oc2ccccc2)cc1. The Morgan fingerprint density at radius 3 is 2.38 bits per heavy atom. The van der Waals surface area contributed by atoms with Crippen LogP contribution in [0.5, 0.6) is 11.5 Å². The molecule has 0 aliphatic carbocycles. The van der Waals surface area contributed by atoms with Crippen LogP contribution in [0, 0.1) is 3.57 Å². The summed E-state index contributed by atoms with van der Waals surface area (Å²) >= 11 is 2.09. The molecule has 0 spiro atoms.